The third kappa shape index (κ3) is 2.39. The van der Waals surface area contributed by atoms with Crippen LogP contribution in [0.1, 0.15) is 11.1 Å². The van der Waals surface area contributed by atoms with E-state index in [4.69, 9.17) is 21.7 Å². The molecule has 7 heteroatoms. The Hall–Kier alpha value is -1.29. The second-order valence-electron chi connectivity index (χ2n) is 2.74. The fraction of sp³-hybridized carbons (Fsp3) is 0.125. The topological polar surface area (TPSA) is 104 Å². The zero-order chi connectivity index (χ0) is 11.6. The number of phenols is 1. The van der Waals surface area contributed by atoms with E-state index in [0.29, 0.717) is 0 Å². The summed E-state index contributed by atoms with van der Waals surface area (Å²) in [6.45, 7) is -0.135. The molecule has 1 aromatic rings. The number of rotatable bonds is 2. The van der Waals surface area contributed by atoms with E-state index in [-0.39, 0.29) is 28.3 Å². The number of nitriles is 1. The number of nitrogens with zero attached hydrogens (tertiary/aromatic N) is 1. The van der Waals surface area contributed by atoms with Crippen LogP contribution in [-0.2, 0) is 15.6 Å². The molecule has 0 unspecified atom stereocenters. The third-order valence-electron chi connectivity index (χ3n) is 1.73. The van der Waals surface area contributed by atoms with Gasteiger partial charge < -0.3 is 10.8 Å². The fourth-order valence-electron chi connectivity index (χ4n) is 1.19. The van der Waals surface area contributed by atoms with Crippen molar-refractivity contribution in [3.05, 3.63) is 23.3 Å². The maximum atomic E-state index is 11.2. The highest BCUT2D eigenvalue weighted by Gasteiger charge is 2.21. The quantitative estimate of drug-likeness (QED) is 0.746. The van der Waals surface area contributed by atoms with Gasteiger partial charge in [-0.05, 0) is 17.7 Å². The Morgan fingerprint density at radius 3 is 2.53 bits per heavy atom. The van der Waals surface area contributed by atoms with Gasteiger partial charge in [-0.25, -0.2) is 8.42 Å². The summed E-state index contributed by atoms with van der Waals surface area (Å²) in [6, 6.07) is 3.82. The lowest BCUT2D eigenvalue weighted by atomic mass is 10.1. The Morgan fingerprint density at radius 1 is 1.53 bits per heavy atom. The molecule has 0 amide bonds. The van der Waals surface area contributed by atoms with Crippen LogP contribution < -0.4 is 5.73 Å². The minimum Gasteiger partial charge on any atom is -0.508 e. The summed E-state index contributed by atoms with van der Waals surface area (Å²) in [5.74, 6) is -0.226. The lowest BCUT2D eigenvalue weighted by Crippen LogP contribution is -2.06. The first-order valence-corrected chi connectivity index (χ1v) is 6.11. The van der Waals surface area contributed by atoms with E-state index in [2.05, 4.69) is 0 Å². The Balaban J connectivity index is 3.69. The Morgan fingerprint density at radius 2 is 2.13 bits per heavy atom. The van der Waals surface area contributed by atoms with Gasteiger partial charge in [0.2, 0.25) is 0 Å². The van der Waals surface area contributed by atoms with Crippen molar-refractivity contribution in [2.75, 3.05) is 0 Å². The highest BCUT2D eigenvalue weighted by atomic mass is 35.7. The molecule has 0 bridgehead atoms. The Labute approximate surface area is 91.1 Å². The van der Waals surface area contributed by atoms with Crippen LogP contribution in [0, 0.1) is 11.3 Å². The van der Waals surface area contributed by atoms with Crippen LogP contribution in [0.2, 0.25) is 0 Å². The van der Waals surface area contributed by atoms with Gasteiger partial charge in [0.25, 0.3) is 9.05 Å². The van der Waals surface area contributed by atoms with Crippen molar-refractivity contribution in [3.63, 3.8) is 0 Å². The summed E-state index contributed by atoms with van der Waals surface area (Å²) >= 11 is 0. The molecule has 80 valence electrons. The van der Waals surface area contributed by atoms with Gasteiger partial charge in [0, 0.05) is 17.2 Å². The van der Waals surface area contributed by atoms with E-state index in [1.165, 1.54) is 0 Å². The lowest BCUT2D eigenvalue weighted by Gasteiger charge is -2.06. The van der Waals surface area contributed by atoms with Gasteiger partial charge >= 0.3 is 0 Å². The average Bonchev–Trinajstić information content (AvgIpc) is 2.14. The van der Waals surface area contributed by atoms with Crippen molar-refractivity contribution in [2.45, 2.75) is 11.4 Å². The molecule has 15 heavy (non-hydrogen) atoms. The van der Waals surface area contributed by atoms with Crippen LogP contribution in [-0.4, -0.2) is 13.5 Å². The predicted octanol–water partition coefficient (Wildman–Crippen LogP) is 0.650. The van der Waals surface area contributed by atoms with E-state index in [9.17, 15) is 13.5 Å². The summed E-state index contributed by atoms with van der Waals surface area (Å²) in [6.07, 6.45) is 0. The molecule has 0 aliphatic heterocycles. The Kier molecular flexibility index (Phi) is 3.19. The Bertz CT molecular complexity index is 534. The maximum Gasteiger partial charge on any atom is 0.262 e. The summed E-state index contributed by atoms with van der Waals surface area (Å²) < 4.78 is 22.4. The largest absolute Gasteiger partial charge is 0.508 e. The van der Waals surface area contributed by atoms with Crippen LogP contribution in [0.4, 0.5) is 0 Å². The first-order valence-electron chi connectivity index (χ1n) is 3.81. The van der Waals surface area contributed by atoms with Crippen molar-refractivity contribution in [1.29, 1.82) is 5.26 Å². The molecule has 1 rings (SSSR count). The van der Waals surface area contributed by atoms with Crippen LogP contribution in [0.25, 0.3) is 0 Å². The molecule has 0 fully saturated rings. The normalized spacial score (nSPS) is 11.0. The van der Waals surface area contributed by atoms with Gasteiger partial charge in [-0.3, -0.25) is 0 Å². The molecule has 0 atom stereocenters. The number of halogens is 1. The number of benzene rings is 1. The monoisotopic (exact) mass is 246 g/mol. The minimum atomic E-state index is -4.05. The van der Waals surface area contributed by atoms with Crippen LogP contribution >= 0.6 is 10.7 Å². The standard InChI is InChI=1S/C8H7ClN2O3S/c9-15(13,14)8-5(3-10)1-7(12)2-6(8)4-11/h1-2,12H,3,10H2. The van der Waals surface area contributed by atoms with E-state index in [1.807, 2.05) is 0 Å². The van der Waals surface area contributed by atoms with Gasteiger partial charge in [-0.2, -0.15) is 5.26 Å². The maximum absolute atomic E-state index is 11.2. The van der Waals surface area contributed by atoms with E-state index < -0.39 is 9.05 Å². The van der Waals surface area contributed by atoms with E-state index >= 15 is 0 Å². The van der Waals surface area contributed by atoms with Gasteiger partial charge in [0.15, 0.2) is 0 Å². The van der Waals surface area contributed by atoms with Crippen LogP contribution in [0.5, 0.6) is 5.75 Å². The molecule has 0 aromatic heterocycles. The highest BCUT2D eigenvalue weighted by molar-refractivity contribution is 8.13. The first-order chi connectivity index (χ1) is 6.90. The van der Waals surface area contributed by atoms with Gasteiger partial charge in [-0.1, -0.05) is 0 Å². The number of aromatic hydroxyl groups is 1. The first kappa shape index (κ1) is 11.8. The molecule has 5 nitrogen and oxygen atoms in total. The van der Waals surface area contributed by atoms with Crippen molar-refractivity contribution in [2.24, 2.45) is 5.73 Å². The summed E-state index contributed by atoms with van der Waals surface area (Å²) in [7, 11) is 1.12. The summed E-state index contributed by atoms with van der Waals surface area (Å²) in [5, 5.41) is 17.9. The highest BCUT2D eigenvalue weighted by Crippen LogP contribution is 2.27. The van der Waals surface area contributed by atoms with Gasteiger partial charge in [-0.15, -0.1) is 0 Å². The van der Waals surface area contributed by atoms with Crippen molar-refractivity contribution in [3.8, 4) is 11.8 Å². The summed E-state index contributed by atoms with van der Waals surface area (Å²) in [5.41, 5.74) is 5.19. The molecule has 0 saturated carbocycles. The molecular formula is C8H7ClN2O3S. The molecule has 3 N–H and O–H groups in total. The number of nitrogens with two attached hydrogens (primary N) is 1. The second-order valence-corrected chi connectivity index (χ2v) is 5.24. The zero-order valence-corrected chi connectivity index (χ0v) is 9.01. The minimum absolute atomic E-state index is 0.113. The third-order valence-corrected chi connectivity index (χ3v) is 3.17. The zero-order valence-electron chi connectivity index (χ0n) is 7.44. The molecule has 0 spiro atoms. The molecule has 1 aromatic carbocycles. The number of phenolic OH excluding ortho intramolecular Hbond substituents is 1. The van der Waals surface area contributed by atoms with Gasteiger partial charge in [0.05, 0.1) is 5.56 Å². The molecule has 0 radical (unpaired) electrons. The number of hydrogen-bond donors (Lipinski definition) is 2. The van der Waals surface area contributed by atoms with Crippen molar-refractivity contribution >= 4 is 19.7 Å². The SMILES string of the molecule is N#Cc1cc(O)cc(CN)c1S(=O)(=O)Cl. The average molecular weight is 247 g/mol. The second kappa shape index (κ2) is 4.06. The molecule has 0 saturated heterocycles. The van der Waals surface area contributed by atoms with Crippen LogP contribution in [0.3, 0.4) is 0 Å². The van der Waals surface area contributed by atoms with Gasteiger partial charge in [0.1, 0.15) is 16.7 Å². The van der Waals surface area contributed by atoms with Crippen molar-refractivity contribution < 1.29 is 13.5 Å². The molecule has 0 heterocycles. The van der Waals surface area contributed by atoms with E-state index in [1.54, 1.807) is 6.07 Å². The smallest absolute Gasteiger partial charge is 0.262 e. The fourth-order valence-corrected chi connectivity index (χ4v) is 2.56. The van der Waals surface area contributed by atoms with E-state index in [0.717, 1.165) is 12.1 Å². The van der Waals surface area contributed by atoms with Crippen molar-refractivity contribution in [1.82, 2.24) is 0 Å². The molecule has 0 aliphatic rings. The lowest BCUT2D eigenvalue weighted by molar-refractivity contribution is 0.473. The summed E-state index contributed by atoms with van der Waals surface area (Å²) in [4.78, 5) is -0.341. The molecular weight excluding hydrogens is 240 g/mol. The van der Waals surface area contributed by atoms with Crippen LogP contribution in [0.15, 0.2) is 17.0 Å². The molecule has 0 aliphatic carbocycles. The number of hydrogen-bond acceptors (Lipinski definition) is 5. The predicted molar refractivity (Wildman–Crippen MR) is 53.8 cm³/mol.